The van der Waals surface area contributed by atoms with Crippen molar-refractivity contribution in [3.63, 3.8) is 0 Å². The first-order chi connectivity index (χ1) is 30.9. The Morgan fingerprint density at radius 3 is 1.81 bits per heavy atom. The molecule has 5 rings (SSSR count). The molecule has 0 aliphatic carbocycles. The highest BCUT2D eigenvalue weighted by atomic mass is 16.3. The first kappa shape index (κ1) is 52.3. The van der Waals surface area contributed by atoms with Crippen LogP contribution in [0.2, 0.25) is 0 Å². The van der Waals surface area contributed by atoms with Gasteiger partial charge >= 0.3 is 0 Å². The number of hydrogen-bond acceptors (Lipinski definition) is 12. The number of rotatable bonds is 20. The van der Waals surface area contributed by atoms with Crippen LogP contribution in [0.1, 0.15) is 133 Å². The molecule has 0 spiro atoms. The average Bonchev–Trinajstić information content (AvgIpc) is 3.80. The maximum absolute atomic E-state index is 13.5. The minimum atomic E-state index is -1.39. The van der Waals surface area contributed by atoms with Crippen LogP contribution in [0, 0.1) is 45.3 Å². The van der Waals surface area contributed by atoms with Gasteiger partial charge in [0.15, 0.2) is 0 Å². The quantitative estimate of drug-likeness (QED) is 0.0857. The Balaban J connectivity index is 2.00. The van der Waals surface area contributed by atoms with E-state index in [0.29, 0.717) is 51.8 Å². The first-order valence-corrected chi connectivity index (χ1v) is 23.3. The summed E-state index contributed by atoms with van der Waals surface area (Å²) in [7, 11) is 0. The van der Waals surface area contributed by atoms with E-state index in [1.165, 1.54) is 0 Å². The molecule has 0 aromatic carbocycles. The lowest BCUT2D eigenvalue weighted by Gasteiger charge is -2.48. The molecule has 5 aliphatic heterocycles. The molecule has 8 bridgehead atoms. The van der Waals surface area contributed by atoms with Gasteiger partial charge in [0.1, 0.15) is 0 Å². The predicted molar refractivity (Wildman–Crippen MR) is 254 cm³/mol. The number of nitrogens with two attached hydrogens (primary N) is 6. The fraction of sp³-hybridized carbons (Fsp3) is 0.667. The fourth-order valence-electron chi connectivity index (χ4n) is 12.3. The first-order valence-electron chi connectivity index (χ1n) is 23.3. The van der Waals surface area contributed by atoms with Gasteiger partial charge < -0.3 is 50.1 Å². The predicted octanol–water partition coefficient (Wildman–Crippen LogP) is 1.74. The standard InChI is InChI=1S/C48H73N11O8/c1-23(60)22-55-38(67)16-17-45(6)29(18-35(52)64)43-48(9)47(8,21-37(54)66)28(12-15-34(51)63)40(59-48)25(3)42-46(7,20-36(53)65)26(10-13-32(49)61)30(56-42)19-31-44(4,5)27(11-14-33(50)62)39(57-31)24(2)41(45)58-43/h19,23,26-29,43,56,60H,10-18,20-22H2,1-9H3,(H2,49,61)(H2,50,62)(H2,51,63)(H2,52,64)(H2,53,65)(H2,54,66)(H,55,67)/b30-19?,39-24?,42-25-/t23-,26-,27-,28-,29+,43-,45-,46+,47+,48+/m1/s1. The largest absolute Gasteiger partial charge is 0.392 e. The summed E-state index contributed by atoms with van der Waals surface area (Å²) < 4.78 is 0. The van der Waals surface area contributed by atoms with Gasteiger partial charge in [-0.2, -0.15) is 0 Å². The maximum Gasteiger partial charge on any atom is 0.220 e. The lowest BCUT2D eigenvalue weighted by Crippen LogP contribution is -2.56. The molecular formula is C48H73N11O8. The fourth-order valence-corrected chi connectivity index (χ4v) is 12.3. The van der Waals surface area contributed by atoms with Crippen LogP contribution < -0.4 is 45.0 Å². The Bertz CT molecular complexity index is 2310. The van der Waals surface area contributed by atoms with E-state index in [2.05, 4.69) is 10.6 Å². The zero-order valence-corrected chi connectivity index (χ0v) is 40.6. The Morgan fingerprint density at radius 1 is 0.731 bits per heavy atom. The van der Waals surface area contributed by atoms with Crippen molar-refractivity contribution in [3.05, 3.63) is 34.3 Å². The van der Waals surface area contributed by atoms with E-state index in [9.17, 15) is 38.7 Å². The van der Waals surface area contributed by atoms with Crippen molar-refractivity contribution in [2.24, 2.45) is 94.7 Å². The second-order valence-electron chi connectivity index (χ2n) is 21.2. The van der Waals surface area contributed by atoms with Crippen LogP contribution in [0.3, 0.4) is 0 Å². The maximum atomic E-state index is 13.5. The van der Waals surface area contributed by atoms with Crippen LogP contribution in [0.5, 0.6) is 0 Å². The Kier molecular flexibility index (Phi) is 14.9. The highest BCUT2D eigenvalue weighted by Crippen LogP contribution is 2.62. The van der Waals surface area contributed by atoms with E-state index in [1.807, 2.05) is 61.5 Å². The number of primary amides is 6. The molecule has 5 heterocycles. The number of carbonyl (C=O) groups excluding carboxylic acids is 7. The summed E-state index contributed by atoms with van der Waals surface area (Å²) in [6, 6.07) is -0.913. The van der Waals surface area contributed by atoms with E-state index in [0.717, 1.165) is 0 Å². The van der Waals surface area contributed by atoms with Gasteiger partial charge in [-0.15, -0.1) is 0 Å². The van der Waals surface area contributed by atoms with Crippen LogP contribution in [0.4, 0.5) is 0 Å². The third-order valence-corrected chi connectivity index (χ3v) is 16.1. The highest BCUT2D eigenvalue weighted by molar-refractivity contribution is 6.10. The number of aliphatic imine (C=N–C) groups is 3. The molecule has 1 fully saturated rings. The van der Waals surface area contributed by atoms with Crippen LogP contribution in [0.15, 0.2) is 49.3 Å². The lowest BCUT2D eigenvalue weighted by atomic mass is 9.55. The number of aliphatic hydroxyl groups is 1. The molecule has 5 aliphatic rings. The van der Waals surface area contributed by atoms with Gasteiger partial charge in [-0.1, -0.05) is 34.6 Å². The normalized spacial score (nSPS) is 33.3. The summed E-state index contributed by atoms with van der Waals surface area (Å²) in [4.78, 5) is 108. The second-order valence-corrected chi connectivity index (χ2v) is 21.2. The number of aliphatic hydroxyl groups excluding tert-OH is 1. The number of allylic oxidation sites excluding steroid dienone is 6. The number of nitrogens with one attached hydrogen (secondary N) is 2. The van der Waals surface area contributed by atoms with Crippen LogP contribution >= 0.6 is 0 Å². The van der Waals surface area contributed by atoms with Crippen LogP contribution in [-0.2, 0) is 33.6 Å². The van der Waals surface area contributed by atoms with E-state index < -0.39 is 98.5 Å². The molecule has 1 saturated heterocycles. The van der Waals surface area contributed by atoms with Gasteiger partial charge in [0.05, 0.1) is 17.7 Å². The highest BCUT2D eigenvalue weighted by Gasteiger charge is 2.66. The molecule has 0 unspecified atom stereocenters. The van der Waals surface area contributed by atoms with E-state index >= 15 is 0 Å². The van der Waals surface area contributed by atoms with Crippen molar-refractivity contribution in [1.82, 2.24) is 10.6 Å². The zero-order valence-electron chi connectivity index (χ0n) is 40.6. The molecule has 0 saturated carbocycles. The summed E-state index contributed by atoms with van der Waals surface area (Å²) in [5.74, 6) is -6.25. The van der Waals surface area contributed by atoms with Crippen molar-refractivity contribution in [2.75, 3.05) is 6.54 Å². The molecule has 19 heteroatoms. The van der Waals surface area contributed by atoms with Crippen molar-refractivity contribution >= 4 is 58.5 Å². The zero-order chi connectivity index (χ0) is 50.4. The van der Waals surface area contributed by atoms with Gasteiger partial charge in [0.25, 0.3) is 0 Å². The Morgan fingerprint density at radius 2 is 1.28 bits per heavy atom. The van der Waals surface area contributed by atoms with Gasteiger partial charge in [-0.3, -0.25) is 48.5 Å². The Labute approximate surface area is 393 Å². The molecule has 0 radical (unpaired) electrons. The summed E-state index contributed by atoms with van der Waals surface area (Å²) in [6.45, 7) is 16.9. The second kappa shape index (κ2) is 19.1. The van der Waals surface area contributed by atoms with Crippen LogP contribution in [0.25, 0.3) is 0 Å². The number of hydrogen-bond donors (Lipinski definition) is 9. The summed E-state index contributed by atoms with van der Waals surface area (Å²) in [5.41, 5.74) is 34.9. The number of fused-ring (bicyclic) bond motifs is 6. The SMILES string of the molecule is CC1=C2N=C(C=C3N/C(=C(/C)C4=N[C@@](C)([C@@H]5N=C1[C@](C)(CCC(=O)NC[C@@H](C)O)[C@H]5CC(N)=O)[C@@](C)(CC(N)=O)[C@@H]4CCC(N)=O)[C@@](C)(CC(N)=O)[C@@H]3CCC(N)=O)C(C)(C)[C@@H]2CCC(N)=O. The van der Waals surface area contributed by atoms with Crippen molar-refractivity contribution in [2.45, 2.75) is 151 Å². The molecule has 0 aromatic heterocycles. The van der Waals surface area contributed by atoms with Crippen LogP contribution in [-0.4, -0.2) is 87.8 Å². The lowest BCUT2D eigenvalue weighted by molar-refractivity contribution is -0.124. The summed E-state index contributed by atoms with van der Waals surface area (Å²) >= 11 is 0. The molecule has 10 atom stereocenters. The Hall–Kier alpha value is -5.72. The van der Waals surface area contributed by atoms with Gasteiger partial charge in [0.2, 0.25) is 41.4 Å². The molecule has 368 valence electrons. The topological polar surface area (TPSA) is 357 Å². The molecular weight excluding hydrogens is 859 g/mol. The molecule has 15 N–H and O–H groups in total. The van der Waals surface area contributed by atoms with Gasteiger partial charge in [-0.25, -0.2) is 0 Å². The smallest absolute Gasteiger partial charge is 0.220 e. The van der Waals surface area contributed by atoms with E-state index in [1.54, 1.807) is 6.92 Å². The number of nitrogens with zero attached hydrogens (tertiary/aromatic N) is 3. The van der Waals surface area contributed by atoms with E-state index in [4.69, 9.17) is 49.4 Å². The van der Waals surface area contributed by atoms with Crippen molar-refractivity contribution in [1.29, 1.82) is 0 Å². The third-order valence-electron chi connectivity index (χ3n) is 16.1. The molecule has 0 aromatic rings. The molecule has 67 heavy (non-hydrogen) atoms. The number of amides is 7. The average molecular weight is 932 g/mol. The monoisotopic (exact) mass is 932 g/mol. The van der Waals surface area contributed by atoms with E-state index in [-0.39, 0.29) is 76.7 Å². The molecule has 7 amide bonds. The third kappa shape index (κ3) is 9.84. The summed E-state index contributed by atoms with van der Waals surface area (Å²) in [5, 5.41) is 16.4. The molecule has 19 nitrogen and oxygen atoms in total. The van der Waals surface area contributed by atoms with Gasteiger partial charge in [0, 0.05) is 131 Å². The van der Waals surface area contributed by atoms with Crippen molar-refractivity contribution in [3.8, 4) is 0 Å². The summed E-state index contributed by atoms with van der Waals surface area (Å²) in [6.07, 6.45) is 1.23. The van der Waals surface area contributed by atoms with Gasteiger partial charge in [-0.05, 0) is 70.6 Å². The minimum absolute atomic E-state index is 0.0237. The number of carbonyl (C=O) groups is 7. The minimum Gasteiger partial charge on any atom is -0.392 e. The van der Waals surface area contributed by atoms with Crippen molar-refractivity contribution < 1.29 is 38.7 Å².